The second-order valence-electron chi connectivity index (χ2n) is 7.11. The van der Waals surface area contributed by atoms with Crippen LogP contribution in [0.3, 0.4) is 0 Å². The summed E-state index contributed by atoms with van der Waals surface area (Å²) >= 11 is 0. The summed E-state index contributed by atoms with van der Waals surface area (Å²) in [5.41, 5.74) is 1.64. The molecule has 1 aromatic rings. The summed E-state index contributed by atoms with van der Waals surface area (Å²) in [6, 6.07) is 7.27. The molecule has 0 radical (unpaired) electrons. The Balaban J connectivity index is 2.21. The topological polar surface area (TPSA) is 0 Å². The molecule has 0 unspecified atom stereocenters. The van der Waals surface area contributed by atoms with Crippen molar-refractivity contribution >= 4 is 0 Å². The molecule has 2 rings (SSSR count). The SMILES string of the molecule is C[N+](C)(C)CCC1(c2ccc(F)cc2)CCCCC1. The van der Waals surface area contributed by atoms with E-state index in [4.69, 9.17) is 0 Å². The van der Waals surface area contributed by atoms with E-state index >= 15 is 0 Å². The number of rotatable bonds is 4. The smallest absolute Gasteiger partial charge is 0.123 e. The summed E-state index contributed by atoms with van der Waals surface area (Å²) in [5.74, 6) is -0.124. The zero-order chi connectivity index (χ0) is 13.9. The molecule has 1 nitrogen and oxygen atoms in total. The van der Waals surface area contributed by atoms with Crippen LogP contribution in [0, 0.1) is 5.82 Å². The fourth-order valence-corrected chi connectivity index (χ4v) is 3.26. The van der Waals surface area contributed by atoms with E-state index in [0.717, 1.165) is 4.48 Å². The minimum absolute atomic E-state index is 0.124. The first-order valence-corrected chi connectivity index (χ1v) is 7.48. The lowest BCUT2D eigenvalue weighted by Gasteiger charge is -2.40. The van der Waals surface area contributed by atoms with Crippen LogP contribution in [0.25, 0.3) is 0 Å². The highest BCUT2D eigenvalue weighted by atomic mass is 19.1. The lowest BCUT2D eigenvalue weighted by molar-refractivity contribution is -0.871. The molecule has 0 saturated heterocycles. The van der Waals surface area contributed by atoms with Crippen molar-refractivity contribution in [1.29, 1.82) is 0 Å². The van der Waals surface area contributed by atoms with Crippen molar-refractivity contribution in [2.45, 2.75) is 43.9 Å². The number of quaternary nitrogens is 1. The molecule has 1 aromatic carbocycles. The fraction of sp³-hybridized carbons (Fsp3) is 0.647. The van der Waals surface area contributed by atoms with Crippen molar-refractivity contribution in [3.63, 3.8) is 0 Å². The van der Waals surface area contributed by atoms with E-state index in [1.807, 2.05) is 12.1 Å². The highest BCUT2D eigenvalue weighted by molar-refractivity contribution is 5.26. The third-order valence-electron chi connectivity index (χ3n) is 4.53. The maximum Gasteiger partial charge on any atom is 0.123 e. The van der Waals surface area contributed by atoms with Crippen molar-refractivity contribution in [2.24, 2.45) is 0 Å². The second-order valence-corrected chi connectivity index (χ2v) is 7.11. The first-order chi connectivity index (χ1) is 8.91. The molecule has 0 bridgehead atoms. The van der Waals surface area contributed by atoms with Crippen LogP contribution in [0.1, 0.15) is 44.1 Å². The minimum Gasteiger partial charge on any atom is -0.331 e. The van der Waals surface area contributed by atoms with Crippen LogP contribution in [0.4, 0.5) is 4.39 Å². The van der Waals surface area contributed by atoms with Crippen LogP contribution < -0.4 is 0 Å². The third-order valence-corrected chi connectivity index (χ3v) is 4.53. The number of nitrogens with zero attached hydrogens (tertiary/aromatic N) is 1. The van der Waals surface area contributed by atoms with Gasteiger partial charge in [0.05, 0.1) is 27.7 Å². The predicted molar refractivity (Wildman–Crippen MR) is 78.7 cm³/mol. The Morgan fingerprint density at radius 2 is 1.58 bits per heavy atom. The molecule has 0 atom stereocenters. The highest BCUT2D eigenvalue weighted by Crippen LogP contribution is 2.42. The average molecular weight is 264 g/mol. The molecule has 106 valence electrons. The van der Waals surface area contributed by atoms with E-state index in [1.54, 1.807) is 12.1 Å². The first-order valence-electron chi connectivity index (χ1n) is 7.48. The summed E-state index contributed by atoms with van der Waals surface area (Å²) in [7, 11) is 6.75. The van der Waals surface area contributed by atoms with Gasteiger partial charge in [0, 0.05) is 11.8 Å². The molecule has 2 heteroatoms. The van der Waals surface area contributed by atoms with Gasteiger partial charge in [0.15, 0.2) is 0 Å². The molecule has 0 spiro atoms. The Morgan fingerprint density at radius 3 is 2.11 bits per heavy atom. The molecule has 0 heterocycles. The van der Waals surface area contributed by atoms with Gasteiger partial charge in [0.25, 0.3) is 0 Å². The third kappa shape index (κ3) is 3.79. The maximum absolute atomic E-state index is 13.2. The molecule has 1 aliphatic carbocycles. The second kappa shape index (κ2) is 5.62. The van der Waals surface area contributed by atoms with Crippen LogP contribution in [0.15, 0.2) is 24.3 Å². The Kier molecular flexibility index (Phi) is 4.29. The number of halogens is 1. The van der Waals surface area contributed by atoms with Crippen LogP contribution in [-0.4, -0.2) is 32.2 Å². The number of benzene rings is 1. The van der Waals surface area contributed by atoms with Gasteiger partial charge in [0.2, 0.25) is 0 Å². The summed E-state index contributed by atoms with van der Waals surface area (Å²) in [6.45, 7) is 1.18. The van der Waals surface area contributed by atoms with E-state index in [2.05, 4.69) is 21.1 Å². The van der Waals surface area contributed by atoms with Crippen molar-refractivity contribution in [3.05, 3.63) is 35.6 Å². The fourth-order valence-electron chi connectivity index (χ4n) is 3.26. The Labute approximate surface area is 117 Å². The van der Waals surface area contributed by atoms with Crippen LogP contribution >= 0.6 is 0 Å². The van der Waals surface area contributed by atoms with E-state index in [9.17, 15) is 4.39 Å². The molecule has 1 saturated carbocycles. The van der Waals surface area contributed by atoms with Crippen LogP contribution in [0.2, 0.25) is 0 Å². The van der Waals surface area contributed by atoms with Crippen LogP contribution in [0.5, 0.6) is 0 Å². The van der Waals surface area contributed by atoms with Gasteiger partial charge in [-0.25, -0.2) is 4.39 Å². The standard InChI is InChI=1S/C17H27FN/c1-19(2,3)14-13-17(11-5-4-6-12-17)15-7-9-16(18)10-8-15/h7-10H,4-6,11-14H2,1-3H3/q+1. The van der Waals surface area contributed by atoms with Crippen molar-refractivity contribution in [2.75, 3.05) is 27.7 Å². The molecule has 1 aliphatic rings. The lowest BCUT2D eigenvalue weighted by atomic mass is 9.67. The quantitative estimate of drug-likeness (QED) is 0.718. The number of hydrogen-bond donors (Lipinski definition) is 0. The largest absolute Gasteiger partial charge is 0.331 e. The highest BCUT2D eigenvalue weighted by Gasteiger charge is 2.35. The molecule has 0 N–H and O–H groups in total. The van der Waals surface area contributed by atoms with Gasteiger partial charge in [-0.1, -0.05) is 31.4 Å². The van der Waals surface area contributed by atoms with Gasteiger partial charge in [-0.05, 0) is 30.5 Å². The van der Waals surface area contributed by atoms with Gasteiger partial charge in [-0.3, -0.25) is 0 Å². The van der Waals surface area contributed by atoms with Gasteiger partial charge >= 0.3 is 0 Å². The molecule has 0 aliphatic heterocycles. The minimum atomic E-state index is -0.124. The predicted octanol–water partition coefficient (Wildman–Crippen LogP) is 4.12. The first kappa shape index (κ1) is 14.5. The van der Waals surface area contributed by atoms with E-state index in [1.165, 1.54) is 50.6 Å². The van der Waals surface area contributed by atoms with Crippen LogP contribution in [-0.2, 0) is 5.41 Å². The Morgan fingerprint density at radius 1 is 1.00 bits per heavy atom. The molecule has 19 heavy (non-hydrogen) atoms. The number of hydrogen-bond acceptors (Lipinski definition) is 0. The normalized spacial score (nSPS) is 19.4. The van der Waals surface area contributed by atoms with Gasteiger partial charge in [-0.2, -0.15) is 0 Å². The van der Waals surface area contributed by atoms with E-state index in [0.29, 0.717) is 0 Å². The summed E-state index contributed by atoms with van der Waals surface area (Å²) in [6.07, 6.45) is 7.72. The maximum atomic E-state index is 13.2. The molecule has 0 aromatic heterocycles. The lowest BCUT2D eigenvalue weighted by Crippen LogP contribution is -2.40. The average Bonchev–Trinajstić information content (AvgIpc) is 2.37. The summed E-state index contributed by atoms with van der Waals surface area (Å²) < 4.78 is 14.2. The van der Waals surface area contributed by atoms with Crippen molar-refractivity contribution < 1.29 is 8.87 Å². The Bertz CT molecular complexity index is 396. The van der Waals surface area contributed by atoms with Gasteiger partial charge in [0.1, 0.15) is 5.82 Å². The van der Waals surface area contributed by atoms with E-state index in [-0.39, 0.29) is 11.2 Å². The molecule has 1 fully saturated rings. The van der Waals surface area contributed by atoms with Crippen molar-refractivity contribution in [3.8, 4) is 0 Å². The summed E-state index contributed by atoms with van der Waals surface area (Å²) in [4.78, 5) is 0. The molecule has 0 amide bonds. The van der Waals surface area contributed by atoms with Crippen molar-refractivity contribution in [1.82, 2.24) is 0 Å². The zero-order valence-electron chi connectivity index (χ0n) is 12.6. The molecular weight excluding hydrogens is 237 g/mol. The van der Waals surface area contributed by atoms with Gasteiger partial charge < -0.3 is 4.48 Å². The van der Waals surface area contributed by atoms with Gasteiger partial charge in [-0.15, -0.1) is 0 Å². The Hall–Kier alpha value is -0.890. The van der Waals surface area contributed by atoms with E-state index < -0.39 is 0 Å². The monoisotopic (exact) mass is 264 g/mol. The summed E-state index contributed by atoms with van der Waals surface area (Å²) in [5, 5.41) is 0. The molecular formula is C17H27FN+. The zero-order valence-corrected chi connectivity index (χ0v) is 12.6.